The predicted molar refractivity (Wildman–Crippen MR) is 95.7 cm³/mol. The molecule has 0 radical (unpaired) electrons. The molecule has 128 valence electrons. The predicted octanol–water partition coefficient (Wildman–Crippen LogP) is 4.46. The highest BCUT2D eigenvalue weighted by molar-refractivity contribution is 7.17. The first kappa shape index (κ1) is 17.5. The number of nitrogens with zero attached hydrogens (tertiary/aromatic N) is 1. The number of thiophene rings is 1. The minimum atomic E-state index is -0.613. The number of amides is 1. The van der Waals surface area contributed by atoms with Crippen LogP contribution in [0, 0.1) is 5.82 Å². The minimum absolute atomic E-state index is 0.325. The fourth-order valence-corrected chi connectivity index (χ4v) is 3.54. The molecule has 0 aliphatic carbocycles. The summed E-state index contributed by atoms with van der Waals surface area (Å²) in [7, 11) is 0. The van der Waals surface area contributed by atoms with Crippen molar-refractivity contribution in [3.05, 3.63) is 56.8 Å². The van der Waals surface area contributed by atoms with E-state index in [0.29, 0.717) is 20.0 Å². The van der Waals surface area contributed by atoms with E-state index in [4.69, 9.17) is 16.3 Å². The Kier molecular flexibility index (Phi) is 5.42. The van der Waals surface area contributed by atoms with Crippen molar-refractivity contribution in [3.8, 4) is 11.3 Å². The van der Waals surface area contributed by atoms with Gasteiger partial charge in [-0.3, -0.25) is 10.1 Å². The molecule has 0 fully saturated rings. The second-order valence-corrected chi connectivity index (χ2v) is 7.35. The molecule has 9 heteroatoms. The molecule has 25 heavy (non-hydrogen) atoms. The summed E-state index contributed by atoms with van der Waals surface area (Å²) in [4.78, 5) is 28.2. The summed E-state index contributed by atoms with van der Waals surface area (Å²) in [6, 6.07) is 8.98. The topological polar surface area (TPSA) is 68.3 Å². The largest absolute Gasteiger partial charge is 0.451 e. The Balaban J connectivity index is 1.55. The number of benzene rings is 1. The van der Waals surface area contributed by atoms with Crippen LogP contribution in [-0.4, -0.2) is 23.5 Å². The van der Waals surface area contributed by atoms with Crippen molar-refractivity contribution in [3.63, 3.8) is 0 Å². The standard InChI is InChI=1S/C16H10ClFN2O3S2/c17-13-6-5-12(25-13)15(22)23-7-14(21)20-16-19-11(8-24-16)9-1-3-10(18)4-2-9/h1-6,8H,7H2,(H,19,20,21). The first-order valence-electron chi connectivity index (χ1n) is 6.95. The molecule has 2 aromatic heterocycles. The smallest absolute Gasteiger partial charge is 0.348 e. The van der Waals surface area contributed by atoms with E-state index >= 15 is 0 Å². The molecule has 0 atom stereocenters. The summed E-state index contributed by atoms with van der Waals surface area (Å²) >= 11 is 8.03. The van der Waals surface area contributed by atoms with Gasteiger partial charge < -0.3 is 4.74 Å². The van der Waals surface area contributed by atoms with Crippen molar-refractivity contribution in [1.82, 2.24) is 4.98 Å². The van der Waals surface area contributed by atoms with Gasteiger partial charge in [-0.2, -0.15) is 0 Å². The van der Waals surface area contributed by atoms with Gasteiger partial charge in [-0.1, -0.05) is 11.6 Å². The van der Waals surface area contributed by atoms with E-state index in [-0.39, 0.29) is 5.82 Å². The summed E-state index contributed by atoms with van der Waals surface area (Å²) in [5.74, 6) is -1.45. The van der Waals surface area contributed by atoms with Crippen LogP contribution < -0.4 is 5.32 Å². The number of ether oxygens (including phenoxy) is 1. The Morgan fingerprint density at radius 3 is 2.64 bits per heavy atom. The number of hydrogen-bond acceptors (Lipinski definition) is 6. The number of carbonyl (C=O) groups is 2. The number of rotatable bonds is 5. The SMILES string of the molecule is O=C(COC(=O)c1ccc(Cl)s1)Nc1nc(-c2ccc(F)cc2)cs1. The molecule has 3 rings (SSSR count). The van der Waals surface area contributed by atoms with Crippen LogP contribution in [0.4, 0.5) is 9.52 Å². The molecule has 0 saturated carbocycles. The van der Waals surface area contributed by atoms with Gasteiger partial charge >= 0.3 is 5.97 Å². The number of nitrogens with one attached hydrogen (secondary N) is 1. The van der Waals surface area contributed by atoms with Gasteiger partial charge in [0.2, 0.25) is 0 Å². The van der Waals surface area contributed by atoms with Crippen molar-refractivity contribution in [2.45, 2.75) is 0 Å². The maximum atomic E-state index is 12.9. The average Bonchev–Trinajstić information content (AvgIpc) is 3.22. The molecule has 0 bridgehead atoms. The van der Waals surface area contributed by atoms with Crippen LogP contribution in [0.5, 0.6) is 0 Å². The Hall–Kier alpha value is -2.29. The Labute approximate surface area is 155 Å². The zero-order valence-corrected chi connectivity index (χ0v) is 14.9. The van der Waals surface area contributed by atoms with Crippen LogP contribution in [-0.2, 0) is 9.53 Å². The van der Waals surface area contributed by atoms with Crippen LogP contribution in [0.2, 0.25) is 4.34 Å². The first-order valence-corrected chi connectivity index (χ1v) is 9.02. The van der Waals surface area contributed by atoms with Gasteiger partial charge in [0.25, 0.3) is 5.91 Å². The Morgan fingerprint density at radius 1 is 1.20 bits per heavy atom. The third kappa shape index (κ3) is 4.62. The molecule has 1 N–H and O–H groups in total. The van der Waals surface area contributed by atoms with Gasteiger partial charge in [0.1, 0.15) is 10.7 Å². The summed E-state index contributed by atoms with van der Waals surface area (Å²) < 4.78 is 18.3. The summed E-state index contributed by atoms with van der Waals surface area (Å²) in [6.45, 7) is -0.431. The highest BCUT2D eigenvalue weighted by atomic mass is 35.5. The van der Waals surface area contributed by atoms with Crippen molar-refractivity contribution in [2.75, 3.05) is 11.9 Å². The molecule has 1 amide bonds. The fourth-order valence-electron chi connectivity index (χ4n) is 1.87. The van der Waals surface area contributed by atoms with E-state index in [1.165, 1.54) is 29.5 Å². The maximum Gasteiger partial charge on any atom is 0.348 e. The van der Waals surface area contributed by atoms with Gasteiger partial charge in [-0.25, -0.2) is 14.2 Å². The zero-order valence-electron chi connectivity index (χ0n) is 12.5. The lowest BCUT2D eigenvalue weighted by Crippen LogP contribution is -2.20. The van der Waals surface area contributed by atoms with Crippen molar-refractivity contribution in [2.24, 2.45) is 0 Å². The summed E-state index contributed by atoms with van der Waals surface area (Å²) in [5, 5.41) is 4.65. The number of carbonyl (C=O) groups excluding carboxylic acids is 2. The van der Waals surface area contributed by atoms with Gasteiger partial charge in [-0.05, 0) is 36.4 Å². The summed E-state index contributed by atoms with van der Waals surface area (Å²) in [5.41, 5.74) is 1.35. The third-order valence-electron chi connectivity index (χ3n) is 3.00. The van der Waals surface area contributed by atoms with E-state index in [1.54, 1.807) is 23.6 Å². The number of thiazole rings is 1. The molecule has 2 heterocycles. The summed E-state index contributed by atoms with van der Waals surface area (Å²) in [6.07, 6.45) is 0. The minimum Gasteiger partial charge on any atom is -0.451 e. The molecule has 0 aliphatic heterocycles. The lowest BCUT2D eigenvalue weighted by atomic mass is 10.2. The van der Waals surface area contributed by atoms with Crippen molar-refractivity contribution >= 4 is 51.3 Å². The van der Waals surface area contributed by atoms with Gasteiger partial charge in [-0.15, -0.1) is 22.7 Å². The molecule has 0 saturated heterocycles. The van der Waals surface area contributed by atoms with E-state index in [2.05, 4.69) is 10.3 Å². The van der Waals surface area contributed by atoms with E-state index < -0.39 is 18.5 Å². The highest BCUT2D eigenvalue weighted by Gasteiger charge is 2.14. The Bertz CT molecular complexity index is 908. The number of anilines is 1. The van der Waals surface area contributed by atoms with Crippen molar-refractivity contribution < 1.29 is 18.7 Å². The van der Waals surface area contributed by atoms with Crippen molar-refractivity contribution in [1.29, 1.82) is 0 Å². The maximum absolute atomic E-state index is 12.9. The molecular formula is C16H10ClFN2O3S2. The third-order valence-corrected chi connectivity index (χ3v) is 4.97. The lowest BCUT2D eigenvalue weighted by molar-refractivity contribution is -0.119. The number of esters is 1. The second kappa shape index (κ2) is 7.73. The number of hydrogen-bond donors (Lipinski definition) is 1. The van der Waals surface area contributed by atoms with E-state index in [1.807, 2.05) is 0 Å². The van der Waals surface area contributed by atoms with Crippen LogP contribution in [0.25, 0.3) is 11.3 Å². The van der Waals surface area contributed by atoms with Gasteiger partial charge in [0.05, 0.1) is 10.0 Å². The quantitative estimate of drug-likeness (QED) is 0.646. The van der Waals surface area contributed by atoms with Crippen LogP contribution >= 0.6 is 34.3 Å². The molecule has 5 nitrogen and oxygen atoms in total. The number of aromatic nitrogens is 1. The van der Waals surface area contributed by atoms with E-state index in [0.717, 1.165) is 16.9 Å². The molecule has 0 spiro atoms. The monoisotopic (exact) mass is 396 g/mol. The molecule has 0 aliphatic rings. The van der Waals surface area contributed by atoms with E-state index in [9.17, 15) is 14.0 Å². The molecular weight excluding hydrogens is 387 g/mol. The zero-order chi connectivity index (χ0) is 17.8. The van der Waals surface area contributed by atoms with Crippen LogP contribution in [0.1, 0.15) is 9.67 Å². The average molecular weight is 397 g/mol. The van der Waals surface area contributed by atoms with Gasteiger partial charge in [0, 0.05) is 10.9 Å². The molecule has 1 aromatic carbocycles. The normalized spacial score (nSPS) is 10.5. The second-order valence-electron chi connectivity index (χ2n) is 4.77. The number of halogens is 2. The van der Waals surface area contributed by atoms with Crippen LogP contribution in [0.15, 0.2) is 41.8 Å². The molecule has 3 aromatic rings. The lowest BCUT2D eigenvalue weighted by Gasteiger charge is -2.03. The molecule has 0 unspecified atom stereocenters. The fraction of sp³-hybridized carbons (Fsp3) is 0.0625. The van der Waals surface area contributed by atoms with Crippen LogP contribution in [0.3, 0.4) is 0 Å². The first-order chi connectivity index (χ1) is 12.0. The Morgan fingerprint density at radius 2 is 1.96 bits per heavy atom. The highest BCUT2D eigenvalue weighted by Crippen LogP contribution is 2.25. The van der Waals surface area contributed by atoms with Gasteiger partial charge in [0.15, 0.2) is 11.7 Å².